The number of fused-ring (bicyclic) bond motifs is 3. The number of benzene rings is 1. The fourth-order valence-electron chi connectivity index (χ4n) is 4.17. The molecule has 0 atom stereocenters. The molecular weight excluding hydrogens is 420 g/mol. The first kappa shape index (κ1) is 20.6. The second-order valence-corrected chi connectivity index (χ2v) is 9.16. The number of imidazole rings is 1. The maximum Gasteiger partial charge on any atom is 0.251 e. The number of thiophene rings is 1. The van der Waals surface area contributed by atoms with Crippen molar-refractivity contribution in [2.75, 3.05) is 11.9 Å². The van der Waals surface area contributed by atoms with Crippen molar-refractivity contribution in [2.45, 2.75) is 45.2 Å². The predicted octanol–water partition coefficient (Wildman–Crippen LogP) is 4.20. The molecule has 0 aliphatic heterocycles. The highest BCUT2D eigenvalue weighted by atomic mass is 32.1. The van der Waals surface area contributed by atoms with Crippen LogP contribution in [0.2, 0.25) is 0 Å². The van der Waals surface area contributed by atoms with Crippen molar-refractivity contribution in [2.24, 2.45) is 0 Å². The highest BCUT2D eigenvalue weighted by Gasteiger charge is 2.19. The monoisotopic (exact) mass is 446 g/mol. The maximum atomic E-state index is 12.4. The van der Waals surface area contributed by atoms with Gasteiger partial charge in [-0.2, -0.15) is 0 Å². The summed E-state index contributed by atoms with van der Waals surface area (Å²) in [5.74, 6) is 0.867. The number of hydrogen-bond donors (Lipinski definition) is 2. The van der Waals surface area contributed by atoms with Gasteiger partial charge >= 0.3 is 0 Å². The van der Waals surface area contributed by atoms with Gasteiger partial charge in [-0.15, -0.1) is 11.3 Å². The van der Waals surface area contributed by atoms with E-state index in [1.807, 2.05) is 46.4 Å². The van der Waals surface area contributed by atoms with E-state index < -0.39 is 0 Å². The van der Waals surface area contributed by atoms with Crippen LogP contribution in [0.5, 0.6) is 0 Å². The van der Waals surface area contributed by atoms with Crippen LogP contribution >= 0.6 is 11.3 Å². The van der Waals surface area contributed by atoms with Crippen molar-refractivity contribution in [3.63, 3.8) is 0 Å². The van der Waals surface area contributed by atoms with Crippen LogP contribution in [0.1, 0.15) is 45.6 Å². The lowest BCUT2D eigenvalue weighted by Crippen LogP contribution is -2.25. The predicted molar refractivity (Wildman–Crippen MR) is 127 cm³/mol. The first-order chi connectivity index (χ1) is 15.8. The number of nitrogens with one attached hydrogen (secondary N) is 2. The van der Waals surface area contributed by atoms with Gasteiger partial charge in [-0.3, -0.25) is 4.79 Å². The molecule has 5 rings (SSSR count). The van der Waals surface area contributed by atoms with Crippen molar-refractivity contribution in [3.8, 4) is 0 Å². The Kier molecular flexibility index (Phi) is 6.11. The summed E-state index contributed by atoms with van der Waals surface area (Å²) >= 11 is 1.81. The van der Waals surface area contributed by atoms with Crippen molar-refractivity contribution in [1.29, 1.82) is 0 Å². The number of hydrogen-bond acceptors (Lipinski definition) is 6. The quantitative estimate of drug-likeness (QED) is 0.396. The number of rotatable bonds is 8. The topological polar surface area (TPSA) is 84.7 Å². The lowest BCUT2D eigenvalue weighted by Gasteiger charge is -2.12. The number of amides is 1. The maximum absolute atomic E-state index is 12.4. The van der Waals surface area contributed by atoms with Crippen molar-refractivity contribution >= 4 is 33.3 Å². The smallest absolute Gasteiger partial charge is 0.251 e. The van der Waals surface area contributed by atoms with Gasteiger partial charge in [0.2, 0.25) is 0 Å². The number of anilines is 1. The SMILES string of the molecule is O=C(NCCCn1ccnc1)c1ccc(CNc2ncnc3sc4c(c23)CCCC4)cc1. The lowest BCUT2D eigenvalue weighted by atomic mass is 9.97. The van der Waals surface area contributed by atoms with E-state index in [1.165, 1.54) is 28.7 Å². The van der Waals surface area contributed by atoms with Crippen LogP contribution in [0.3, 0.4) is 0 Å². The zero-order valence-electron chi connectivity index (χ0n) is 17.9. The molecule has 4 aromatic rings. The van der Waals surface area contributed by atoms with Crippen LogP contribution in [-0.4, -0.2) is 32.0 Å². The van der Waals surface area contributed by atoms with Gasteiger partial charge < -0.3 is 15.2 Å². The average molecular weight is 447 g/mol. The Morgan fingerprint density at radius 1 is 1.12 bits per heavy atom. The summed E-state index contributed by atoms with van der Waals surface area (Å²) in [5.41, 5.74) is 3.21. The first-order valence-electron chi connectivity index (χ1n) is 11.1. The summed E-state index contributed by atoms with van der Waals surface area (Å²) in [4.78, 5) is 28.0. The van der Waals surface area contributed by atoms with Gasteiger partial charge in [0.05, 0.1) is 11.7 Å². The molecule has 0 radical (unpaired) electrons. The minimum Gasteiger partial charge on any atom is -0.365 e. The van der Waals surface area contributed by atoms with Gasteiger partial charge in [0.1, 0.15) is 17.0 Å². The molecule has 0 spiro atoms. The van der Waals surface area contributed by atoms with E-state index in [2.05, 4.69) is 25.6 Å². The Balaban J connectivity index is 1.17. The highest BCUT2D eigenvalue weighted by Crippen LogP contribution is 2.38. The van der Waals surface area contributed by atoms with Crippen LogP contribution in [0.15, 0.2) is 49.3 Å². The molecule has 0 saturated carbocycles. The Hall–Kier alpha value is -3.26. The minimum absolute atomic E-state index is 0.0439. The van der Waals surface area contributed by atoms with Crippen LogP contribution < -0.4 is 10.6 Å². The molecule has 0 saturated heterocycles. The van der Waals surface area contributed by atoms with Gasteiger partial charge in [0.15, 0.2) is 0 Å². The van der Waals surface area contributed by atoms with E-state index in [-0.39, 0.29) is 5.91 Å². The number of carbonyl (C=O) groups is 1. The van der Waals surface area contributed by atoms with E-state index >= 15 is 0 Å². The molecule has 2 N–H and O–H groups in total. The highest BCUT2D eigenvalue weighted by molar-refractivity contribution is 7.19. The zero-order valence-corrected chi connectivity index (χ0v) is 18.7. The molecule has 32 heavy (non-hydrogen) atoms. The molecule has 0 unspecified atom stereocenters. The molecule has 1 aromatic carbocycles. The standard InChI is InChI=1S/C24H26N6OS/c31-23(26-10-3-12-30-13-11-25-16-30)18-8-6-17(7-9-18)14-27-22-21-19-4-1-2-5-20(19)32-24(21)29-15-28-22/h6-9,11,13,15-16H,1-5,10,12,14H2,(H,26,31)(H,27,28,29). The number of nitrogens with zero attached hydrogens (tertiary/aromatic N) is 4. The molecule has 1 amide bonds. The first-order valence-corrected chi connectivity index (χ1v) is 11.9. The second-order valence-electron chi connectivity index (χ2n) is 8.07. The Labute approximate surface area is 190 Å². The molecule has 3 aromatic heterocycles. The molecule has 0 fully saturated rings. The summed E-state index contributed by atoms with van der Waals surface area (Å²) in [7, 11) is 0. The van der Waals surface area contributed by atoms with Gasteiger partial charge in [0, 0.05) is 42.5 Å². The summed E-state index contributed by atoms with van der Waals surface area (Å²) < 4.78 is 2.01. The Morgan fingerprint density at radius 3 is 2.84 bits per heavy atom. The van der Waals surface area contributed by atoms with Crippen molar-refractivity contribution in [3.05, 3.63) is 70.9 Å². The molecule has 8 heteroatoms. The zero-order chi connectivity index (χ0) is 21.8. The molecule has 7 nitrogen and oxygen atoms in total. The number of aryl methyl sites for hydroxylation is 3. The van der Waals surface area contributed by atoms with Crippen LogP contribution in [-0.2, 0) is 25.9 Å². The molecule has 0 bridgehead atoms. The average Bonchev–Trinajstić information content (AvgIpc) is 3.48. The fourth-order valence-corrected chi connectivity index (χ4v) is 5.40. The van der Waals surface area contributed by atoms with E-state index in [0.717, 1.165) is 42.0 Å². The summed E-state index contributed by atoms with van der Waals surface area (Å²) in [6.45, 7) is 2.13. The summed E-state index contributed by atoms with van der Waals surface area (Å²) in [6, 6.07) is 7.75. The summed E-state index contributed by atoms with van der Waals surface area (Å²) in [5, 5.41) is 7.67. The molecule has 1 aliphatic carbocycles. The second kappa shape index (κ2) is 9.48. The van der Waals surface area contributed by atoms with E-state index in [9.17, 15) is 4.79 Å². The van der Waals surface area contributed by atoms with Gasteiger partial charge in [-0.1, -0.05) is 12.1 Å². The van der Waals surface area contributed by atoms with Crippen LogP contribution in [0.25, 0.3) is 10.2 Å². The van der Waals surface area contributed by atoms with Gasteiger partial charge in [0.25, 0.3) is 5.91 Å². The fraction of sp³-hybridized carbons (Fsp3) is 0.333. The number of carbonyl (C=O) groups excluding carboxylic acids is 1. The van der Waals surface area contributed by atoms with E-state index in [4.69, 9.17) is 0 Å². The van der Waals surface area contributed by atoms with Gasteiger partial charge in [-0.25, -0.2) is 15.0 Å². The van der Waals surface area contributed by atoms with Crippen LogP contribution in [0, 0.1) is 0 Å². The third-order valence-corrected chi connectivity index (χ3v) is 7.07. The van der Waals surface area contributed by atoms with Crippen molar-refractivity contribution < 1.29 is 4.79 Å². The summed E-state index contributed by atoms with van der Waals surface area (Å²) in [6.07, 6.45) is 12.8. The van der Waals surface area contributed by atoms with Crippen LogP contribution in [0.4, 0.5) is 5.82 Å². The molecular formula is C24H26N6OS. The third-order valence-electron chi connectivity index (χ3n) is 5.87. The Bertz CT molecular complexity index is 1200. The molecule has 164 valence electrons. The number of aromatic nitrogens is 4. The van der Waals surface area contributed by atoms with Crippen molar-refractivity contribution in [1.82, 2.24) is 24.8 Å². The normalized spacial score (nSPS) is 13.1. The van der Waals surface area contributed by atoms with Gasteiger partial charge in [-0.05, 0) is 55.4 Å². The largest absolute Gasteiger partial charge is 0.365 e. The third kappa shape index (κ3) is 4.50. The minimum atomic E-state index is -0.0439. The lowest BCUT2D eigenvalue weighted by molar-refractivity contribution is 0.0952. The van der Waals surface area contributed by atoms with E-state index in [0.29, 0.717) is 18.7 Å². The van der Waals surface area contributed by atoms with E-state index in [1.54, 1.807) is 18.9 Å². The Morgan fingerprint density at radius 2 is 2.00 bits per heavy atom. The molecule has 1 aliphatic rings. The molecule has 3 heterocycles.